The number of nitrogens with one attached hydrogen (secondary N) is 1. The number of hydrogen-bond donors (Lipinski definition) is 1. The molecule has 0 aliphatic rings. The third-order valence-corrected chi connectivity index (χ3v) is 7.01. The van der Waals surface area contributed by atoms with Crippen LogP contribution in [0.15, 0.2) is 59.5 Å². The molecule has 0 bridgehead atoms. The maximum atomic E-state index is 12.9. The summed E-state index contributed by atoms with van der Waals surface area (Å²) in [4.78, 5) is 7.49. The minimum absolute atomic E-state index is 0.0103. The van der Waals surface area contributed by atoms with Gasteiger partial charge in [-0.25, -0.2) is 4.98 Å². The molecule has 4 aromatic rings. The van der Waals surface area contributed by atoms with Gasteiger partial charge in [-0.3, -0.25) is 0 Å². The number of ether oxygens (including phenoxy) is 1. The van der Waals surface area contributed by atoms with E-state index in [1.807, 2.05) is 0 Å². The second kappa shape index (κ2) is 10.0. The van der Waals surface area contributed by atoms with Gasteiger partial charge in [0.25, 0.3) is 0 Å². The SMILES string of the molecule is [O-][S+](CC(F)(F)F)c1ccc(Cc2nc3c(Cl)c(-c4ccccc4OC(F)(F)F)c(Cl)cc3[nH]2)cc1. The monoisotopic (exact) mass is 566 g/mol. The normalized spacial score (nSPS) is 13.2. The van der Waals surface area contributed by atoms with Crippen molar-refractivity contribution in [2.75, 3.05) is 5.75 Å². The number of hydrogen-bond acceptors (Lipinski definition) is 3. The summed E-state index contributed by atoms with van der Waals surface area (Å²) >= 11 is 10.7. The predicted octanol–water partition coefficient (Wildman–Crippen LogP) is 7.70. The van der Waals surface area contributed by atoms with Gasteiger partial charge >= 0.3 is 12.5 Å². The number of benzene rings is 3. The molecule has 4 nitrogen and oxygen atoms in total. The van der Waals surface area contributed by atoms with E-state index in [1.165, 1.54) is 48.5 Å². The van der Waals surface area contributed by atoms with E-state index < -0.39 is 35.2 Å². The Kier molecular flexibility index (Phi) is 7.38. The van der Waals surface area contributed by atoms with Crippen molar-refractivity contribution in [3.05, 3.63) is 76.0 Å². The van der Waals surface area contributed by atoms with Crippen molar-refractivity contribution in [3.8, 4) is 16.9 Å². The fraction of sp³-hybridized carbons (Fsp3) is 0.174. The van der Waals surface area contributed by atoms with Gasteiger partial charge in [-0.15, -0.1) is 13.2 Å². The van der Waals surface area contributed by atoms with Crippen molar-refractivity contribution in [1.29, 1.82) is 0 Å². The minimum atomic E-state index is -4.92. The Labute approximate surface area is 213 Å². The molecule has 1 aromatic heterocycles. The summed E-state index contributed by atoms with van der Waals surface area (Å²) in [5.41, 5.74) is 1.49. The summed E-state index contributed by atoms with van der Waals surface area (Å²) in [5.74, 6) is -1.50. The Morgan fingerprint density at radius 3 is 2.28 bits per heavy atom. The van der Waals surface area contributed by atoms with Gasteiger partial charge in [0.05, 0.1) is 15.6 Å². The molecule has 1 atom stereocenters. The van der Waals surface area contributed by atoms with E-state index in [-0.39, 0.29) is 38.0 Å². The lowest BCUT2D eigenvalue weighted by Crippen LogP contribution is -2.22. The molecule has 0 aliphatic heterocycles. The third kappa shape index (κ3) is 6.20. The molecule has 190 valence electrons. The van der Waals surface area contributed by atoms with Gasteiger partial charge < -0.3 is 14.3 Å². The Hall–Kier alpha value is -2.60. The number of halogens is 8. The van der Waals surface area contributed by atoms with Crippen LogP contribution in [0.4, 0.5) is 26.3 Å². The fourth-order valence-electron chi connectivity index (χ4n) is 3.53. The molecule has 1 N–H and O–H groups in total. The zero-order chi connectivity index (χ0) is 26.3. The lowest BCUT2D eigenvalue weighted by molar-refractivity contribution is -0.274. The van der Waals surface area contributed by atoms with Crippen LogP contribution in [0.2, 0.25) is 10.0 Å². The van der Waals surface area contributed by atoms with E-state index in [2.05, 4.69) is 14.7 Å². The largest absolute Gasteiger partial charge is 0.611 e. The van der Waals surface area contributed by atoms with Crippen LogP contribution in [-0.4, -0.2) is 32.8 Å². The van der Waals surface area contributed by atoms with Gasteiger partial charge in [-0.05, 0) is 41.0 Å². The molecule has 0 saturated carbocycles. The van der Waals surface area contributed by atoms with Crippen LogP contribution in [0, 0.1) is 0 Å². The van der Waals surface area contributed by atoms with Crippen molar-refractivity contribution < 1.29 is 35.6 Å². The summed E-state index contributed by atoms with van der Waals surface area (Å²) in [6.45, 7) is 0. The molecule has 1 heterocycles. The van der Waals surface area contributed by atoms with Crippen molar-refractivity contribution >= 4 is 45.4 Å². The Morgan fingerprint density at radius 1 is 0.972 bits per heavy atom. The Balaban J connectivity index is 1.63. The van der Waals surface area contributed by atoms with E-state index in [9.17, 15) is 30.9 Å². The minimum Gasteiger partial charge on any atom is -0.611 e. The molecule has 0 radical (unpaired) electrons. The quantitative estimate of drug-likeness (QED) is 0.192. The van der Waals surface area contributed by atoms with Crippen LogP contribution in [-0.2, 0) is 17.6 Å². The van der Waals surface area contributed by atoms with Crippen LogP contribution in [0.5, 0.6) is 5.75 Å². The lowest BCUT2D eigenvalue weighted by atomic mass is 10.0. The molecule has 1 unspecified atom stereocenters. The van der Waals surface area contributed by atoms with Crippen LogP contribution in [0.3, 0.4) is 0 Å². The number of imidazole rings is 1. The maximum Gasteiger partial charge on any atom is 0.573 e. The Bertz CT molecular complexity index is 1390. The first kappa shape index (κ1) is 26.5. The van der Waals surface area contributed by atoms with E-state index in [0.29, 0.717) is 16.9 Å². The zero-order valence-corrected chi connectivity index (χ0v) is 20.1. The summed E-state index contributed by atoms with van der Waals surface area (Å²) in [6.07, 6.45) is -9.25. The molecule has 0 spiro atoms. The standard InChI is InChI=1S/C23H14Cl2F6N2O2S/c24-15-10-16-21(20(25)19(15)14-3-1-2-4-17(14)35-23(29,30)31)33-18(32-16)9-12-5-7-13(8-6-12)36(34)11-22(26,27)28/h1-8,10H,9,11H2,(H,32,33). The molecule has 0 aliphatic carbocycles. The van der Waals surface area contributed by atoms with Gasteiger partial charge in [-0.1, -0.05) is 53.5 Å². The molecule has 3 aromatic carbocycles. The molecule has 0 fully saturated rings. The van der Waals surface area contributed by atoms with Gasteiger partial charge in [0, 0.05) is 17.5 Å². The van der Waals surface area contributed by atoms with Crippen molar-refractivity contribution in [1.82, 2.24) is 9.97 Å². The lowest BCUT2D eigenvalue weighted by Gasteiger charge is -2.15. The molecule has 0 saturated heterocycles. The van der Waals surface area contributed by atoms with Gasteiger partial charge in [0.2, 0.25) is 5.75 Å². The highest BCUT2D eigenvalue weighted by Gasteiger charge is 2.35. The number of alkyl halides is 6. The average molecular weight is 567 g/mol. The number of aromatic amines is 1. The van der Waals surface area contributed by atoms with Crippen LogP contribution in [0.25, 0.3) is 22.2 Å². The summed E-state index contributed by atoms with van der Waals surface area (Å²) in [6, 6.07) is 12.6. The summed E-state index contributed by atoms with van der Waals surface area (Å²) in [5, 5.41) is 0.0774. The van der Waals surface area contributed by atoms with Gasteiger partial charge in [0.15, 0.2) is 4.90 Å². The second-order valence-electron chi connectivity index (χ2n) is 7.60. The number of rotatable bonds is 6. The highest BCUT2D eigenvalue weighted by atomic mass is 35.5. The summed E-state index contributed by atoms with van der Waals surface area (Å²) in [7, 11) is 0. The van der Waals surface area contributed by atoms with E-state index in [1.54, 1.807) is 0 Å². The van der Waals surface area contributed by atoms with E-state index >= 15 is 0 Å². The van der Waals surface area contributed by atoms with Gasteiger partial charge in [0.1, 0.15) is 17.1 Å². The van der Waals surface area contributed by atoms with Crippen molar-refractivity contribution in [3.63, 3.8) is 0 Å². The third-order valence-electron chi connectivity index (χ3n) is 4.95. The first-order valence-electron chi connectivity index (χ1n) is 10.1. The number of fused-ring (bicyclic) bond motifs is 1. The highest BCUT2D eigenvalue weighted by Crippen LogP contribution is 2.44. The number of para-hydroxylation sites is 1. The van der Waals surface area contributed by atoms with Crippen LogP contribution < -0.4 is 4.74 Å². The average Bonchev–Trinajstić information content (AvgIpc) is 3.15. The van der Waals surface area contributed by atoms with Crippen LogP contribution >= 0.6 is 23.2 Å². The second-order valence-corrected chi connectivity index (χ2v) is 9.83. The molecule has 13 heteroatoms. The van der Waals surface area contributed by atoms with Gasteiger partial charge in [-0.2, -0.15) is 13.2 Å². The molecular weight excluding hydrogens is 553 g/mol. The zero-order valence-electron chi connectivity index (χ0n) is 17.8. The van der Waals surface area contributed by atoms with Crippen molar-refractivity contribution in [2.24, 2.45) is 0 Å². The predicted molar refractivity (Wildman–Crippen MR) is 125 cm³/mol. The molecular formula is C23H14Cl2F6N2O2S. The number of aromatic nitrogens is 2. The smallest absolute Gasteiger partial charge is 0.573 e. The van der Waals surface area contributed by atoms with E-state index in [4.69, 9.17) is 23.2 Å². The molecule has 4 rings (SSSR count). The topological polar surface area (TPSA) is 61.0 Å². The highest BCUT2D eigenvalue weighted by molar-refractivity contribution is 7.91. The Morgan fingerprint density at radius 2 is 1.64 bits per heavy atom. The molecule has 0 amide bonds. The van der Waals surface area contributed by atoms with E-state index in [0.717, 1.165) is 6.07 Å². The number of H-pyrrole nitrogens is 1. The first-order valence-corrected chi connectivity index (χ1v) is 12.1. The first-order chi connectivity index (χ1) is 16.8. The fourth-order valence-corrected chi connectivity index (χ4v) is 5.14. The van der Waals surface area contributed by atoms with Crippen molar-refractivity contribution in [2.45, 2.75) is 23.9 Å². The summed E-state index contributed by atoms with van der Waals surface area (Å²) < 4.78 is 92.0. The number of nitrogens with zero attached hydrogens (tertiary/aromatic N) is 1. The molecule has 36 heavy (non-hydrogen) atoms. The maximum absolute atomic E-state index is 12.9. The van der Waals surface area contributed by atoms with Crippen LogP contribution in [0.1, 0.15) is 11.4 Å².